The number of phenols is 1. The van der Waals surface area contributed by atoms with Crippen LogP contribution in [0.25, 0.3) is 11.1 Å². The highest BCUT2D eigenvalue weighted by atomic mass is 16.5. The molecule has 1 heterocycles. The van der Waals surface area contributed by atoms with Gasteiger partial charge in [-0.25, -0.2) is 4.79 Å². The minimum atomic E-state index is -1.06. The first-order chi connectivity index (χ1) is 42.8. The van der Waals surface area contributed by atoms with Gasteiger partial charge in [-0.1, -0.05) is 78.9 Å². The summed E-state index contributed by atoms with van der Waals surface area (Å²) in [7, 11) is 0. The Morgan fingerprint density at radius 3 is 1.72 bits per heavy atom. The van der Waals surface area contributed by atoms with E-state index in [9.17, 15) is 58.8 Å². The van der Waals surface area contributed by atoms with Gasteiger partial charge in [0.15, 0.2) is 5.96 Å². The third kappa shape index (κ3) is 27.1. The Kier molecular flexibility index (Phi) is 30.7. The molecule has 484 valence electrons. The molecule has 89 heavy (non-hydrogen) atoms. The van der Waals surface area contributed by atoms with Gasteiger partial charge in [0.1, 0.15) is 23.6 Å². The number of aromatic hydroxyl groups is 1. The Labute approximate surface area is 519 Å². The molecule has 0 saturated carbocycles. The van der Waals surface area contributed by atoms with Crippen molar-refractivity contribution in [3.63, 3.8) is 0 Å². The van der Waals surface area contributed by atoms with E-state index in [1.165, 1.54) is 12.1 Å². The summed E-state index contributed by atoms with van der Waals surface area (Å²) in [6, 6.07) is 27.4. The number of carbonyl (C=O) groups excluding carboxylic acids is 5. The van der Waals surface area contributed by atoms with Crippen molar-refractivity contribution in [2.45, 2.75) is 76.5 Å². The molecule has 4 atom stereocenters. The maximum absolute atomic E-state index is 14.1. The molecule has 1 unspecified atom stereocenters. The van der Waals surface area contributed by atoms with Crippen LogP contribution in [0.15, 0.2) is 108 Å². The third-order valence-corrected chi connectivity index (χ3v) is 14.7. The van der Waals surface area contributed by atoms with Gasteiger partial charge in [0.2, 0.25) is 23.6 Å². The maximum Gasteiger partial charge on any atom is 0.344 e. The Balaban J connectivity index is 1.18. The lowest BCUT2D eigenvalue weighted by molar-refractivity contribution is -0.140. The maximum atomic E-state index is 14.1. The Morgan fingerprint density at radius 1 is 0.584 bits per heavy atom. The summed E-state index contributed by atoms with van der Waals surface area (Å²) < 4.78 is 6.10. The first kappa shape index (κ1) is 71.0. The van der Waals surface area contributed by atoms with Crippen LogP contribution in [0.3, 0.4) is 0 Å². The number of carboxylic acid groups (broad SMARTS) is 3. The lowest BCUT2D eigenvalue weighted by atomic mass is 9.99. The van der Waals surface area contributed by atoms with Crippen LogP contribution >= 0.6 is 0 Å². The average Bonchev–Trinajstić information content (AvgIpc) is 3.41. The number of amides is 6. The van der Waals surface area contributed by atoms with E-state index in [-0.39, 0.29) is 123 Å². The van der Waals surface area contributed by atoms with E-state index in [0.29, 0.717) is 50.2 Å². The molecule has 1 aliphatic heterocycles. The van der Waals surface area contributed by atoms with Crippen molar-refractivity contribution in [3.05, 3.63) is 120 Å². The van der Waals surface area contributed by atoms with Gasteiger partial charge in [0, 0.05) is 98.2 Å². The van der Waals surface area contributed by atoms with Gasteiger partial charge < -0.3 is 68.5 Å². The van der Waals surface area contributed by atoms with E-state index in [1.807, 2.05) is 59.5 Å². The normalized spacial score (nSPS) is 15.3. The van der Waals surface area contributed by atoms with E-state index in [0.717, 1.165) is 22.3 Å². The molecule has 15 N–H and O–H groups in total. The Bertz CT molecular complexity index is 2890. The van der Waals surface area contributed by atoms with Gasteiger partial charge in [-0.3, -0.25) is 58.5 Å². The predicted octanol–water partition coefficient (Wildman–Crippen LogP) is 0.730. The molecule has 4 aromatic rings. The third-order valence-electron chi connectivity index (χ3n) is 14.7. The SMILES string of the molecule is CCNC(=O)/N=C(/N)NCCC[C@@H](NC(=O)C(C)c1cccc(OCCCCNC(=O)[C@@H](Cc2ccc(-c3ccccc3)cc2)NC(=O)[C@@H](CN)NCN2CCN(CC(=O)O)CCN(CC(=O)O)CCN(CC(=O)O)CC2)c1)C(=O)NCc1ccc(O)cc1. The molecule has 27 heteroatoms. The van der Waals surface area contributed by atoms with Gasteiger partial charge in [-0.05, 0) is 91.6 Å². The lowest BCUT2D eigenvalue weighted by Gasteiger charge is -2.33. The van der Waals surface area contributed by atoms with Crippen molar-refractivity contribution in [1.82, 2.24) is 56.8 Å². The summed E-state index contributed by atoms with van der Waals surface area (Å²) in [5.41, 5.74) is 16.2. The molecule has 1 fully saturated rings. The summed E-state index contributed by atoms with van der Waals surface area (Å²) in [5.74, 6) is -5.14. The molecule has 4 aromatic carbocycles. The number of urea groups is 1. The number of nitrogens with one attached hydrogen (secondary N) is 7. The number of ether oxygens (including phenoxy) is 1. The smallest absolute Gasteiger partial charge is 0.344 e. The van der Waals surface area contributed by atoms with Crippen LogP contribution in [-0.4, -0.2) is 223 Å². The number of phenolic OH excluding ortho intramolecular Hbond substituents is 1. The number of hydrogen-bond acceptors (Lipinski definition) is 16. The summed E-state index contributed by atoms with van der Waals surface area (Å²) in [5, 5.41) is 58.8. The molecule has 1 saturated heterocycles. The zero-order chi connectivity index (χ0) is 64.5. The number of benzene rings is 4. The van der Waals surface area contributed by atoms with Gasteiger partial charge in [0.05, 0.1) is 38.2 Å². The number of unbranched alkanes of at least 4 members (excludes halogenated alkanes) is 1. The lowest BCUT2D eigenvalue weighted by Crippen LogP contribution is -2.57. The molecule has 0 spiro atoms. The van der Waals surface area contributed by atoms with Crippen LogP contribution in [0.2, 0.25) is 0 Å². The second kappa shape index (κ2) is 38.5. The molecular weight excluding hydrogens is 1150 g/mol. The number of rotatable bonds is 33. The molecule has 0 aliphatic carbocycles. The molecule has 27 nitrogen and oxygen atoms in total. The van der Waals surface area contributed by atoms with Crippen LogP contribution in [0.4, 0.5) is 4.79 Å². The highest BCUT2D eigenvalue weighted by Gasteiger charge is 2.28. The minimum absolute atomic E-state index is 0.0842. The van der Waals surface area contributed by atoms with Crippen molar-refractivity contribution >= 4 is 53.5 Å². The number of aliphatic carboxylic acids is 3. The number of carboxylic acids is 3. The largest absolute Gasteiger partial charge is 0.508 e. The standard InChI is InChI=1S/C62H88N14O13/c1-3-65-62(88)72-61(64)67-25-10-15-51(58(85)68-38-45-18-22-49(77)23-19-45)70-57(84)43(2)48-13-9-14-50(36-48)89-34-8-7-24-66-59(86)52(35-44-16-20-47(21-17-44)46-11-5-4-6-12-46)71-60(87)53(37-63)69-42-76-32-30-74(40-55(80)81)28-26-73(39-54(78)79)27-29-75(31-33-76)41-56(82)83/h4-6,9,11-14,16-23,36,43,51-53,69,77H,3,7-8,10,15,24-35,37-42,63H2,1-2H3,(H,66,86)(H,68,85)(H,70,84)(H,71,87)(H,78,79)(H,80,81)(H,82,83)(H4,64,65,67,72,88)/t43?,51-,52-,53-/m1/s1. The topological polar surface area (TPSA) is 388 Å². The number of aliphatic imine (C=N–C) groups is 1. The zero-order valence-electron chi connectivity index (χ0n) is 50.7. The van der Waals surface area contributed by atoms with Gasteiger partial charge in [-0.2, -0.15) is 4.99 Å². The average molecular weight is 1240 g/mol. The van der Waals surface area contributed by atoms with E-state index in [2.05, 4.69) is 42.2 Å². The number of nitrogens with two attached hydrogens (primary N) is 2. The Morgan fingerprint density at radius 2 is 1.13 bits per heavy atom. The van der Waals surface area contributed by atoms with Crippen LogP contribution in [0.5, 0.6) is 11.5 Å². The molecule has 5 rings (SSSR count). The van der Waals surface area contributed by atoms with E-state index >= 15 is 0 Å². The highest BCUT2D eigenvalue weighted by Crippen LogP contribution is 2.23. The molecular formula is C62H88N14O13. The number of hydrogen-bond donors (Lipinski definition) is 13. The quantitative estimate of drug-likeness (QED) is 0.0178. The number of carbonyl (C=O) groups is 8. The van der Waals surface area contributed by atoms with Gasteiger partial charge in [0.25, 0.3) is 0 Å². The molecule has 0 radical (unpaired) electrons. The van der Waals surface area contributed by atoms with Gasteiger partial charge >= 0.3 is 23.9 Å². The van der Waals surface area contributed by atoms with Crippen LogP contribution < -0.4 is 53.4 Å². The second-order valence-electron chi connectivity index (χ2n) is 21.6. The van der Waals surface area contributed by atoms with Crippen LogP contribution in [0, 0.1) is 0 Å². The first-order valence-electron chi connectivity index (χ1n) is 29.9. The van der Waals surface area contributed by atoms with Crippen molar-refractivity contribution in [2.75, 3.05) is 111 Å². The van der Waals surface area contributed by atoms with E-state index in [1.54, 1.807) is 64.9 Å². The molecule has 0 aromatic heterocycles. The minimum Gasteiger partial charge on any atom is -0.508 e. The molecule has 1 aliphatic rings. The summed E-state index contributed by atoms with van der Waals surface area (Å²) in [4.78, 5) is 113. The predicted molar refractivity (Wildman–Crippen MR) is 335 cm³/mol. The van der Waals surface area contributed by atoms with Crippen molar-refractivity contribution in [1.29, 1.82) is 0 Å². The fourth-order valence-electron chi connectivity index (χ4n) is 9.62. The summed E-state index contributed by atoms with van der Waals surface area (Å²) in [6.45, 7) is 6.01. The monoisotopic (exact) mass is 1240 g/mol. The van der Waals surface area contributed by atoms with Crippen molar-refractivity contribution in [2.24, 2.45) is 16.5 Å². The zero-order valence-corrected chi connectivity index (χ0v) is 50.7. The first-order valence-corrected chi connectivity index (χ1v) is 29.9. The van der Waals surface area contributed by atoms with E-state index in [4.69, 9.17) is 16.2 Å². The summed E-state index contributed by atoms with van der Waals surface area (Å²) >= 11 is 0. The fraction of sp³-hybridized carbons (Fsp3) is 0.468. The number of guanidine groups is 1. The fourth-order valence-corrected chi connectivity index (χ4v) is 9.62. The molecule has 0 bridgehead atoms. The second-order valence-corrected chi connectivity index (χ2v) is 21.6. The number of nitrogens with zero attached hydrogens (tertiary/aromatic N) is 5. The molecule has 6 amide bonds. The van der Waals surface area contributed by atoms with E-state index < -0.39 is 71.6 Å². The van der Waals surface area contributed by atoms with Gasteiger partial charge in [-0.15, -0.1) is 0 Å². The van der Waals surface area contributed by atoms with Crippen LogP contribution in [0.1, 0.15) is 62.1 Å². The summed E-state index contributed by atoms with van der Waals surface area (Å²) in [6.07, 6.45) is 1.78. The Hall–Kier alpha value is -8.73. The highest BCUT2D eigenvalue weighted by molar-refractivity contribution is 5.92. The van der Waals surface area contributed by atoms with Crippen LogP contribution in [-0.2, 0) is 46.5 Å². The van der Waals surface area contributed by atoms with Crippen molar-refractivity contribution in [3.8, 4) is 22.6 Å². The van der Waals surface area contributed by atoms with Crippen molar-refractivity contribution < 1.29 is 63.5 Å².